The topological polar surface area (TPSA) is 70.7 Å². The predicted octanol–water partition coefficient (Wildman–Crippen LogP) is 2.83. The van der Waals surface area contributed by atoms with Crippen molar-refractivity contribution in [3.05, 3.63) is 59.2 Å². The molecule has 2 aromatic carbocycles. The molecule has 6 heteroatoms. The molecular formula is C21H25N3O3. The van der Waals surface area contributed by atoms with E-state index in [0.29, 0.717) is 36.7 Å². The van der Waals surface area contributed by atoms with Gasteiger partial charge in [-0.3, -0.25) is 14.5 Å². The Kier molecular flexibility index (Phi) is 6.21. The van der Waals surface area contributed by atoms with Crippen LogP contribution in [0.2, 0.25) is 0 Å². The van der Waals surface area contributed by atoms with Crippen LogP contribution in [0.4, 0.5) is 11.4 Å². The average molecular weight is 367 g/mol. The van der Waals surface area contributed by atoms with E-state index in [1.165, 1.54) is 0 Å². The first-order valence-corrected chi connectivity index (χ1v) is 9.10. The summed E-state index contributed by atoms with van der Waals surface area (Å²) in [4.78, 5) is 26.6. The molecule has 0 bridgehead atoms. The number of amides is 2. The fourth-order valence-corrected chi connectivity index (χ4v) is 2.89. The number of anilines is 2. The Morgan fingerprint density at radius 2 is 1.56 bits per heavy atom. The van der Waals surface area contributed by atoms with Crippen molar-refractivity contribution in [2.24, 2.45) is 0 Å². The lowest BCUT2D eigenvalue weighted by atomic mass is 10.1. The zero-order chi connectivity index (χ0) is 19.2. The van der Waals surface area contributed by atoms with E-state index in [9.17, 15) is 9.59 Å². The van der Waals surface area contributed by atoms with Gasteiger partial charge < -0.3 is 15.4 Å². The number of carbonyl (C=O) groups is 2. The summed E-state index contributed by atoms with van der Waals surface area (Å²) in [6.07, 6.45) is 0. The zero-order valence-corrected chi connectivity index (χ0v) is 15.7. The second-order valence-corrected chi connectivity index (χ2v) is 6.77. The Bertz CT molecular complexity index is 812. The van der Waals surface area contributed by atoms with Gasteiger partial charge in [-0.2, -0.15) is 0 Å². The number of aryl methyl sites for hydroxylation is 2. The van der Waals surface area contributed by atoms with Gasteiger partial charge in [0.1, 0.15) is 0 Å². The predicted molar refractivity (Wildman–Crippen MR) is 106 cm³/mol. The van der Waals surface area contributed by atoms with E-state index in [0.717, 1.165) is 24.2 Å². The summed E-state index contributed by atoms with van der Waals surface area (Å²) in [6, 6.07) is 12.8. The highest BCUT2D eigenvalue weighted by atomic mass is 16.5. The first-order chi connectivity index (χ1) is 13.0. The van der Waals surface area contributed by atoms with Gasteiger partial charge in [0.15, 0.2) is 0 Å². The standard InChI is InChI=1S/C21H25N3O3/c1-15-3-4-17(13-16(15)2)21(26)23-19-7-5-18(6-8-19)22-20(25)14-24-9-11-27-12-10-24/h3-8,13H,9-12,14H2,1-2H3,(H,22,25)(H,23,26). The number of hydrogen-bond acceptors (Lipinski definition) is 4. The minimum absolute atomic E-state index is 0.0520. The lowest BCUT2D eigenvalue weighted by Gasteiger charge is -2.25. The maximum Gasteiger partial charge on any atom is 0.255 e. The number of hydrogen-bond donors (Lipinski definition) is 2. The fraction of sp³-hybridized carbons (Fsp3) is 0.333. The van der Waals surface area contributed by atoms with Gasteiger partial charge in [-0.1, -0.05) is 6.07 Å². The molecule has 0 spiro atoms. The van der Waals surface area contributed by atoms with Crippen LogP contribution >= 0.6 is 0 Å². The van der Waals surface area contributed by atoms with Crippen molar-refractivity contribution >= 4 is 23.2 Å². The number of nitrogens with one attached hydrogen (secondary N) is 2. The zero-order valence-electron chi connectivity index (χ0n) is 15.7. The molecule has 3 rings (SSSR count). The molecule has 0 saturated carbocycles. The number of carbonyl (C=O) groups excluding carboxylic acids is 2. The normalized spacial score (nSPS) is 14.6. The van der Waals surface area contributed by atoms with E-state index in [1.54, 1.807) is 24.3 Å². The van der Waals surface area contributed by atoms with Gasteiger partial charge in [0, 0.05) is 30.0 Å². The van der Waals surface area contributed by atoms with Gasteiger partial charge in [-0.05, 0) is 61.4 Å². The molecule has 2 aromatic rings. The van der Waals surface area contributed by atoms with E-state index >= 15 is 0 Å². The molecule has 142 valence electrons. The van der Waals surface area contributed by atoms with Crippen LogP contribution in [0.15, 0.2) is 42.5 Å². The quantitative estimate of drug-likeness (QED) is 0.853. The molecule has 0 aliphatic carbocycles. The number of benzene rings is 2. The Morgan fingerprint density at radius 1 is 0.926 bits per heavy atom. The summed E-state index contributed by atoms with van der Waals surface area (Å²) in [5.41, 5.74) is 4.26. The van der Waals surface area contributed by atoms with Crippen LogP contribution in [0.3, 0.4) is 0 Å². The van der Waals surface area contributed by atoms with Crippen molar-refractivity contribution in [2.45, 2.75) is 13.8 Å². The molecule has 0 unspecified atom stereocenters. The minimum Gasteiger partial charge on any atom is -0.379 e. The van der Waals surface area contributed by atoms with E-state index < -0.39 is 0 Å². The van der Waals surface area contributed by atoms with Crippen LogP contribution in [0.5, 0.6) is 0 Å². The summed E-state index contributed by atoms with van der Waals surface area (Å²) in [7, 11) is 0. The summed E-state index contributed by atoms with van der Waals surface area (Å²) < 4.78 is 5.28. The third-order valence-electron chi connectivity index (χ3n) is 4.67. The highest BCUT2D eigenvalue weighted by Gasteiger charge is 2.14. The highest BCUT2D eigenvalue weighted by molar-refractivity contribution is 6.04. The van der Waals surface area contributed by atoms with Crippen LogP contribution in [0, 0.1) is 13.8 Å². The SMILES string of the molecule is Cc1ccc(C(=O)Nc2ccc(NC(=O)CN3CCOCC3)cc2)cc1C. The van der Waals surface area contributed by atoms with E-state index in [1.807, 2.05) is 32.0 Å². The molecule has 1 heterocycles. The van der Waals surface area contributed by atoms with Crippen LogP contribution in [-0.4, -0.2) is 49.6 Å². The molecule has 0 radical (unpaired) electrons. The van der Waals surface area contributed by atoms with Crippen molar-refractivity contribution in [1.82, 2.24) is 4.90 Å². The van der Waals surface area contributed by atoms with Gasteiger partial charge in [0.2, 0.25) is 5.91 Å². The maximum absolute atomic E-state index is 12.4. The molecule has 6 nitrogen and oxygen atoms in total. The average Bonchev–Trinajstić information content (AvgIpc) is 2.66. The van der Waals surface area contributed by atoms with Crippen LogP contribution in [-0.2, 0) is 9.53 Å². The van der Waals surface area contributed by atoms with Crippen LogP contribution in [0.25, 0.3) is 0 Å². The molecule has 1 saturated heterocycles. The number of rotatable bonds is 5. The molecule has 1 aliphatic rings. The molecule has 2 amide bonds. The Hall–Kier alpha value is -2.70. The molecule has 27 heavy (non-hydrogen) atoms. The Morgan fingerprint density at radius 3 is 2.19 bits per heavy atom. The first kappa shape index (κ1) is 19.1. The van der Waals surface area contributed by atoms with E-state index in [2.05, 4.69) is 15.5 Å². The van der Waals surface area contributed by atoms with Gasteiger partial charge in [0.25, 0.3) is 5.91 Å². The van der Waals surface area contributed by atoms with Crippen LogP contribution in [0.1, 0.15) is 21.5 Å². The fourth-order valence-electron chi connectivity index (χ4n) is 2.89. The highest BCUT2D eigenvalue weighted by Crippen LogP contribution is 2.16. The second-order valence-electron chi connectivity index (χ2n) is 6.77. The summed E-state index contributed by atoms with van der Waals surface area (Å²) in [6.45, 7) is 7.25. The van der Waals surface area contributed by atoms with Gasteiger partial charge >= 0.3 is 0 Å². The maximum atomic E-state index is 12.4. The molecular weight excluding hydrogens is 342 g/mol. The molecule has 2 N–H and O–H groups in total. The number of nitrogens with zero attached hydrogens (tertiary/aromatic N) is 1. The molecule has 0 aromatic heterocycles. The lowest BCUT2D eigenvalue weighted by Crippen LogP contribution is -2.41. The largest absolute Gasteiger partial charge is 0.379 e. The smallest absolute Gasteiger partial charge is 0.255 e. The molecule has 1 fully saturated rings. The van der Waals surface area contributed by atoms with E-state index in [4.69, 9.17) is 4.74 Å². The van der Waals surface area contributed by atoms with E-state index in [-0.39, 0.29) is 11.8 Å². The third kappa shape index (κ3) is 5.39. The summed E-state index contributed by atoms with van der Waals surface area (Å²) in [5, 5.41) is 5.76. The number of ether oxygens (including phenoxy) is 1. The Labute approximate surface area is 159 Å². The second kappa shape index (κ2) is 8.79. The third-order valence-corrected chi connectivity index (χ3v) is 4.67. The molecule has 0 atom stereocenters. The van der Waals surface area contributed by atoms with Crippen molar-refractivity contribution in [3.8, 4) is 0 Å². The first-order valence-electron chi connectivity index (χ1n) is 9.10. The Balaban J connectivity index is 1.54. The van der Waals surface area contributed by atoms with Gasteiger partial charge in [-0.25, -0.2) is 0 Å². The molecule has 1 aliphatic heterocycles. The van der Waals surface area contributed by atoms with Crippen LogP contribution < -0.4 is 10.6 Å². The monoisotopic (exact) mass is 367 g/mol. The van der Waals surface area contributed by atoms with Gasteiger partial charge in [-0.15, -0.1) is 0 Å². The summed E-state index contributed by atoms with van der Waals surface area (Å²) >= 11 is 0. The van der Waals surface area contributed by atoms with Crippen molar-refractivity contribution in [2.75, 3.05) is 43.5 Å². The minimum atomic E-state index is -0.151. The lowest BCUT2D eigenvalue weighted by molar-refractivity contribution is -0.118. The number of morpholine rings is 1. The van der Waals surface area contributed by atoms with Gasteiger partial charge in [0.05, 0.1) is 19.8 Å². The summed E-state index contributed by atoms with van der Waals surface area (Å²) in [5.74, 6) is -0.203. The van der Waals surface area contributed by atoms with Crippen molar-refractivity contribution < 1.29 is 14.3 Å². The van der Waals surface area contributed by atoms with Crippen molar-refractivity contribution in [1.29, 1.82) is 0 Å². The van der Waals surface area contributed by atoms with Crippen molar-refractivity contribution in [3.63, 3.8) is 0 Å².